The van der Waals surface area contributed by atoms with Crippen molar-refractivity contribution in [3.05, 3.63) is 40.8 Å². The van der Waals surface area contributed by atoms with Gasteiger partial charge in [0.2, 0.25) is 5.88 Å². The fourth-order valence-electron chi connectivity index (χ4n) is 2.58. The molecule has 2 rings (SSSR count). The van der Waals surface area contributed by atoms with Crippen molar-refractivity contribution in [3.63, 3.8) is 0 Å². The molecule has 1 atom stereocenters. The van der Waals surface area contributed by atoms with Crippen LogP contribution in [0.4, 0.5) is 0 Å². The molecule has 1 aliphatic heterocycles. The summed E-state index contributed by atoms with van der Waals surface area (Å²) >= 11 is 0. The molecule has 1 aromatic rings. The lowest BCUT2D eigenvalue weighted by Gasteiger charge is -2.27. The Morgan fingerprint density at radius 3 is 2.57 bits per heavy atom. The molecule has 0 saturated carbocycles. The Bertz CT molecular complexity index is 650. The molecule has 1 aromatic carbocycles. The highest BCUT2D eigenvalue weighted by molar-refractivity contribution is 5.92. The van der Waals surface area contributed by atoms with Gasteiger partial charge in [-0.25, -0.2) is 4.79 Å². The predicted octanol–water partition coefficient (Wildman–Crippen LogP) is 2.16. The minimum absolute atomic E-state index is 0.00248. The number of hydrogen-bond acceptors (Lipinski definition) is 6. The number of hydrogen-bond donors (Lipinski definition) is 1. The van der Waals surface area contributed by atoms with Gasteiger partial charge in [0.25, 0.3) is 0 Å². The van der Waals surface area contributed by atoms with E-state index in [0.29, 0.717) is 5.75 Å². The molecule has 6 nitrogen and oxygen atoms in total. The molecular weight excluding hydrogens is 298 g/mol. The maximum atomic E-state index is 12.3. The number of ether oxygens (including phenoxy) is 3. The quantitative estimate of drug-likeness (QED) is 0.837. The van der Waals surface area contributed by atoms with E-state index in [1.54, 1.807) is 19.9 Å². The standard InChI is InChI=1S/C17H21NO5/c1-4-21-14(19)9-12-11-8-10(3)6-7-13(11)23-16(18)15(12)17(20)22-5-2/h6-8,12H,4-5,9,18H2,1-3H3. The number of fused-ring (bicyclic) bond motifs is 1. The second kappa shape index (κ2) is 7.17. The van der Waals surface area contributed by atoms with Gasteiger partial charge in [0.1, 0.15) is 11.3 Å². The van der Waals surface area contributed by atoms with Gasteiger partial charge in [-0.2, -0.15) is 0 Å². The SMILES string of the molecule is CCOC(=O)CC1C(C(=O)OCC)=C(N)Oc2ccc(C)cc21. The van der Waals surface area contributed by atoms with E-state index in [1.165, 1.54) is 0 Å². The Balaban J connectivity index is 2.45. The van der Waals surface area contributed by atoms with Gasteiger partial charge in [-0.05, 0) is 26.8 Å². The number of carbonyl (C=O) groups is 2. The van der Waals surface area contributed by atoms with Gasteiger partial charge in [-0.3, -0.25) is 4.79 Å². The second-order valence-electron chi connectivity index (χ2n) is 5.20. The van der Waals surface area contributed by atoms with Crippen LogP contribution in [-0.4, -0.2) is 25.2 Å². The van der Waals surface area contributed by atoms with Gasteiger partial charge in [-0.15, -0.1) is 0 Å². The Hall–Kier alpha value is -2.50. The molecule has 1 unspecified atom stereocenters. The van der Waals surface area contributed by atoms with E-state index in [4.69, 9.17) is 19.9 Å². The van der Waals surface area contributed by atoms with Crippen molar-refractivity contribution < 1.29 is 23.8 Å². The van der Waals surface area contributed by atoms with Crippen LogP contribution in [0.5, 0.6) is 5.75 Å². The van der Waals surface area contributed by atoms with Crippen LogP contribution in [0.1, 0.15) is 37.3 Å². The molecule has 2 N–H and O–H groups in total. The summed E-state index contributed by atoms with van der Waals surface area (Å²) < 4.78 is 15.6. The molecule has 1 aliphatic rings. The zero-order chi connectivity index (χ0) is 17.0. The Kier molecular flexibility index (Phi) is 5.26. The Labute approximate surface area is 135 Å². The molecule has 6 heteroatoms. The second-order valence-corrected chi connectivity index (χ2v) is 5.20. The first-order chi connectivity index (χ1) is 11.0. The molecule has 23 heavy (non-hydrogen) atoms. The van der Waals surface area contributed by atoms with Crippen molar-refractivity contribution in [1.82, 2.24) is 0 Å². The average molecular weight is 319 g/mol. The van der Waals surface area contributed by atoms with Crippen LogP contribution in [-0.2, 0) is 19.1 Å². The number of carbonyl (C=O) groups excluding carboxylic acids is 2. The van der Waals surface area contributed by atoms with E-state index in [9.17, 15) is 9.59 Å². The number of nitrogens with two attached hydrogens (primary N) is 1. The predicted molar refractivity (Wildman–Crippen MR) is 83.6 cm³/mol. The zero-order valence-corrected chi connectivity index (χ0v) is 13.5. The summed E-state index contributed by atoms with van der Waals surface area (Å²) in [7, 11) is 0. The molecule has 0 amide bonds. The van der Waals surface area contributed by atoms with Crippen molar-refractivity contribution in [2.75, 3.05) is 13.2 Å². The summed E-state index contributed by atoms with van der Waals surface area (Å²) in [6, 6.07) is 5.53. The van der Waals surface area contributed by atoms with Gasteiger partial charge < -0.3 is 19.9 Å². The van der Waals surface area contributed by atoms with Crippen LogP contribution in [0, 0.1) is 6.92 Å². The first-order valence-electron chi connectivity index (χ1n) is 7.58. The maximum Gasteiger partial charge on any atom is 0.340 e. The van der Waals surface area contributed by atoms with Gasteiger partial charge in [0, 0.05) is 11.5 Å². The monoisotopic (exact) mass is 319 g/mol. The highest BCUT2D eigenvalue weighted by Gasteiger charge is 2.36. The van der Waals surface area contributed by atoms with E-state index in [0.717, 1.165) is 11.1 Å². The molecule has 0 aromatic heterocycles. The fourth-order valence-corrected chi connectivity index (χ4v) is 2.58. The van der Waals surface area contributed by atoms with Crippen molar-refractivity contribution >= 4 is 11.9 Å². The van der Waals surface area contributed by atoms with Gasteiger partial charge >= 0.3 is 11.9 Å². The molecule has 0 bridgehead atoms. The van der Waals surface area contributed by atoms with Crippen LogP contribution >= 0.6 is 0 Å². The summed E-state index contributed by atoms with van der Waals surface area (Å²) in [6.07, 6.45) is 0.00248. The highest BCUT2D eigenvalue weighted by atomic mass is 16.5. The average Bonchev–Trinajstić information content (AvgIpc) is 2.48. The highest BCUT2D eigenvalue weighted by Crippen LogP contribution is 2.41. The third-order valence-electron chi connectivity index (χ3n) is 3.55. The third-order valence-corrected chi connectivity index (χ3v) is 3.55. The third kappa shape index (κ3) is 3.64. The van der Waals surface area contributed by atoms with E-state index >= 15 is 0 Å². The van der Waals surface area contributed by atoms with Crippen molar-refractivity contribution in [2.24, 2.45) is 5.73 Å². The Morgan fingerprint density at radius 1 is 1.22 bits per heavy atom. The molecule has 0 aliphatic carbocycles. The van der Waals surface area contributed by atoms with Gasteiger partial charge in [0.05, 0.1) is 19.6 Å². The van der Waals surface area contributed by atoms with Gasteiger partial charge in [0.15, 0.2) is 0 Å². The zero-order valence-electron chi connectivity index (χ0n) is 13.5. The smallest absolute Gasteiger partial charge is 0.340 e. The number of esters is 2. The topological polar surface area (TPSA) is 87.9 Å². The largest absolute Gasteiger partial charge is 0.466 e. The molecule has 1 heterocycles. The molecular formula is C17H21NO5. The summed E-state index contributed by atoms with van der Waals surface area (Å²) in [5.41, 5.74) is 7.79. The van der Waals surface area contributed by atoms with Crippen LogP contribution < -0.4 is 10.5 Å². The fraction of sp³-hybridized carbons (Fsp3) is 0.412. The minimum atomic E-state index is -0.577. The molecule has 0 spiro atoms. The molecule has 0 saturated heterocycles. The summed E-state index contributed by atoms with van der Waals surface area (Å²) in [6.45, 7) is 5.85. The van der Waals surface area contributed by atoms with Crippen LogP contribution in [0.15, 0.2) is 29.7 Å². The summed E-state index contributed by atoms with van der Waals surface area (Å²) in [5.74, 6) is -1.02. The summed E-state index contributed by atoms with van der Waals surface area (Å²) in [4.78, 5) is 24.2. The van der Waals surface area contributed by atoms with Crippen molar-refractivity contribution in [1.29, 1.82) is 0 Å². The lowest BCUT2D eigenvalue weighted by molar-refractivity contribution is -0.143. The number of benzene rings is 1. The lowest BCUT2D eigenvalue weighted by atomic mass is 9.85. The Morgan fingerprint density at radius 2 is 1.91 bits per heavy atom. The number of aryl methyl sites for hydroxylation is 1. The summed E-state index contributed by atoms with van der Waals surface area (Å²) in [5, 5.41) is 0. The van der Waals surface area contributed by atoms with E-state index in [1.807, 2.05) is 19.1 Å². The minimum Gasteiger partial charge on any atom is -0.466 e. The first kappa shape index (κ1) is 16.9. The van der Waals surface area contributed by atoms with Crippen LogP contribution in [0.3, 0.4) is 0 Å². The van der Waals surface area contributed by atoms with E-state index in [2.05, 4.69) is 0 Å². The van der Waals surface area contributed by atoms with Gasteiger partial charge in [-0.1, -0.05) is 17.7 Å². The number of rotatable bonds is 5. The first-order valence-corrected chi connectivity index (χ1v) is 7.58. The normalized spacial score (nSPS) is 16.4. The van der Waals surface area contributed by atoms with Crippen LogP contribution in [0.25, 0.3) is 0 Å². The van der Waals surface area contributed by atoms with Crippen molar-refractivity contribution in [2.45, 2.75) is 33.1 Å². The molecule has 0 radical (unpaired) electrons. The maximum absolute atomic E-state index is 12.3. The van der Waals surface area contributed by atoms with Crippen LogP contribution in [0.2, 0.25) is 0 Å². The lowest BCUT2D eigenvalue weighted by Crippen LogP contribution is -2.28. The molecule has 124 valence electrons. The van der Waals surface area contributed by atoms with E-state index in [-0.39, 0.29) is 31.1 Å². The molecule has 0 fully saturated rings. The van der Waals surface area contributed by atoms with E-state index < -0.39 is 17.9 Å². The van der Waals surface area contributed by atoms with Crippen molar-refractivity contribution in [3.8, 4) is 5.75 Å².